The maximum absolute atomic E-state index is 12.2. The predicted octanol–water partition coefficient (Wildman–Crippen LogP) is 2.32. The van der Waals surface area contributed by atoms with Crippen molar-refractivity contribution in [2.24, 2.45) is 0 Å². The number of nitrogens with one attached hydrogen (secondary N) is 1. The SMILES string of the molecule is Cc1nn(-c2ccccc2)c(C)c1NC(=O)C1=COCCO1. The number of hydrogen-bond donors (Lipinski definition) is 1. The normalized spacial score (nSPS) is 13.8. The minimum Gasteiger partial charge on any atom is -0.494 e. The van der Waals surface area contributed by atoms with Gasteiger partial charge in [-0.25, -0.2) is 4.68 Å². The fourth-order valence-electron chi connectivity index (χ4n) is 2.31. The molecule has 2 aromatic rings. The van der Waals surface area contributed by atoms with Crippen LogP contribution in [0.3, 0.4) is 0 Å². The van der Waals surface area contributed by atoms with Crippen LogP contribution >= 0.6 is 0 Å². The van der Waals surface area contributed by atoms with Gasteiger partial charge in [0.2, 0.25) is 5.76 Å². The van der Waals surface area contributed by atoms with Gasteiger partial charge in [-0.3, -0.25) is 4.79 Å². The van der Waals surface area contributed by atoms with Crippen molar-refractivity contribution in [1.29, 1.82) is 0 Å². The summed E-state index contributed by atoms with van der Waals surface area (Å²) in [6, 6.07) is 9.77. The molecule has 0 unspecified atom stereocenters. The smallest absolute Gasteiger partial charge is 0.294 e. The summed E-state index contributed by atoms with van der Waals surface area (Å²) in [7, 11) is 0. The van der Waals surface area contributed by atoms with Crippen LogP contribution in [0.1, 0.15) is 11.4 Å². The first-order chi connectivity index (χ1) is 10.7. The zero-order chi connectivity index (χ0) is 15.5. The van der Waals surface area contributed by atoms with E-state index in [1.54, 1.807) is 4.68 Å². The second kappa shape index (κ2) is 5.93. The van der Waals surface area contributed by atoms with Crippen molar-refractivity contribution in [2.75, 3.05) is 18.5 Å². The highest BCUT2D eigenvalue weighted by atomic mass is 16.6. The molecule has 1 aliphatic rings. The lowest BCUT2D eigenvalue weighted by molar-refractivity contribution is -0.117. The molecule has 0 fully saturated rings. The van der Waals surface area contributed by atoms with Crippen LogP contribution in [0.15, 0.2) is 42.4 Å². The van der Waals surface area contributed by atoms with Crippen LogP contribution in [0.4, 0.5) is 5.69 Å². The largest absolute Gasteiger partial charge is 0.494 e. The van der Waals surface area contributed by atoms with Gasteiger partial charge < -0.3 is 14.8 Å². The summed E-state index contributed by atoms with van der Waals surface area (Å²) in [4.78, 5) is 12.2. The molecule has 0 radical (unpaired) electrons. The van der Waals surface area contributed by atoms with E-state index in [2.05, 4.69) is 10.4 Å². The Labute approximate surface area is 128 Å². The van der Waals surface area contributed by atoms with Crippen molar-refractivity contribution in [3.05, 3.63) is 53.7 Å². The van der Waals surface area contributed by atoms with Crippen molar-refractivity contribution in [1.82, 2.24) is 9.78 Å². The van der Waals surface area contributed by atoms with Gasteiger partial charge in [0.25, 0.3) is 5.91 Å². The van der Waals surface area contributed by atoms with E-state index in [1.807, 2.05) is 44.2 Å². The molecule has 1 aromatic heterocycles. The lowest BCUT2D eigenvalue weighted by Crippen LogP contribution is -2.21. The summed E-state index contributed by atoms with van der Waals surface area (Å²) in [5, 5.41) is 7.33. The molecule has 2 heterocycles. The van der Waals surface area contributed by atoms with E-state index >= 15 is 0 Å². The van der Waals surface area contributed by atoms with Crippen LogP contribution in [0, 0.1) is 13.8 Å². The molecule has 1 aromatic carbocycles. The van der Waals surface area contributed by atoms with Crippen molar-refractivity contribution in [2.45, 2.75) is 13.8 Å². The van der Waals surface area contributed by atoms with E-state index in [-0.39, 0.29) is 11.7 Å². The van der Waals surface area contributed by atoms with Gasteiger partial charge in [-0.05, 0) is 26.0 Å². The second-order valence-corrected chi connectivity index (χ2v) is 4.95. The van der Waals surface area contributed by atoms with Crippen LogP contribution in [0.5, 0.6) is 0 Å². The summed E-state index contributed by atoms with van der Waals surface area (Å²) < 4.78 is 12.2. The molecule has 22 heavy (non-hydrogen) atoms. The molecule has 1 amide bonds. The van der Waals surface area contributed by atoms with Crippen LogP contribution in [0.25, 0.3) is 5.69 Å². The van der Waals surface area contributed by atoms with Gasteiger partial charge in [0, 0.05) is 0 Å². The number of aromatic nitrogens is 2. The quantitative estimate of drug-likeness (QED) is 0.944. The molecule has 0 atom stereocenters. The standard InChI is InChI=1S/C16H17N3O3/c1-11-15(17-16(20)14-10-21-8-9-22-14)12(2)19(18-11)13-6-4-3-5-7-13/h3-7,10H,8-9H2,1-2H3,(H,17,20). The Hall–Kier alpha value is -2.76. The molecule has 1 aliphatic heterocycles. The first-order valence-corrected chi connectivity index (χ1v) is 7.04. The number of amides is 1. The first-order valence-electron chi connectivity index (χ1n) is 7.04. The maximum atomic E-state index is 12.2. The number of rotatable bonds is 3. The molecule has 0 saturated carbocycles. The van der Waals surface area contributed by atoms with Gasteiger partial charge in [0.15, 0.2) is 0 Å². The zero-order valence-electron chi connectivity index (χ0n) is 12.5. The van der Waals surface area contributed by atoms with Gasteiger partial charge in [-0.15, -0.1) is 0 Å². The van der Waals surface area contributed by atoms with E-state index in [9.17, 15) is 4.79 Å². The molecule has 0 spiro atoms. The third-order valence-corrected chi connectivity index (χ3v) is 3.40. The number of benzene rings is 1. The number of nitrogens with zero attached hydrogens (tertiary/aromatic N) is 2. The number of hydrogen-bond acceptors (Lipinski definition) is 4. The van der Waals surface area contributed by atoms with Crippen LogP contribution in [-0.2, 0) is 14.3 Å². The minimum atomic E-state index is -0.335. The Bertz CT molecular complexity index is 720. The fourth-order valence-corrected chi connectivity index (χ4v) is 2.31. The summed E-state index contributed by atoms with van der Waals surface area (Å²) >= 11 is 0. The van der Waals surface area contributed by atoms with Crippen LogP contribution in [-0.4, -0.2) is 28.9 Å². The first kappa shape index (κ1) is 14.2. The third kappa shape index (κ3) is 2.67. The molecule has 1 N–H and O–H groups in total. The van der Waals surface area contributed by atoms with Crippen LogP contribution < -0.4 is 5.32 Å². The van der Waals surface area contributed by atoms with Gasteiger partial charge >= 0.3 is 0 Å². The highest BCUT2D eigenvalue weighted by Crippen LogP contribution is 2.23. The average Bonchev–Trinajstić information content (AvgIpc) is 2.84. The molecule has 114 valence electrons. The molecule has 0 aliphatic carbocycles. The Morgan fingerprint density at radius 2 is 2.00 bits per heavy atom. The third-order valence-electron chi connectivity index (χ3n) is 3.40. The Morgan fingerprint density at radius 3 is 2.68 bits per heavy atom. The topological polar surface area (TPSA) is 65.4 Å². The second-order valence-electron chi connectivity index (χ2n) is 4.95. The Kier molecular flexibility index (Phi) is 3.82. The number of anilines is 1. The molecule has 6 heteroatoms. The molecular weight excluding hydrogens is 282 g/mol. The fraction of sp³-hybridized carbons (Fsp3) is 0.250. The average molecular weight is 299 g/mol. The lowest BCUT2D eigenvalue weighted by atomic mass is 10.3. The number of carbonyl (C=O) groups is 1. The van der Waals surface area contributed by atoms with E-state index in [0.29, 0.717) is 18.9 Å². The number of para-hydroxylation sites is 1. The summed E-state index contributed by atoms with van der Waals surface area (Å²) in [6.07, 6.45) is 1.34. The highest BCUT2D eigenvalue weighted by molar-refractivity contribution is 6.02. The zero-order valence-corrected chi connectivity index (χ0v) is 12.5. The Morgan fingerprint density at radius 1 is 1.23 bits per heavy atom. The highest BCUT2D eigenvalue weighted by Gasteiger charge is 2.20. The van der Waals surface area contributed by atoms with E-state index in [1.165, 1.54) is 6.26 Å². The van der Waals surface area contributed by atoms with Crippen molar-refractivity contribution < 1.29 is 14.3 Å². The summed E-state index contributed by atoms with van der Waals surface area (Å²) in [6.45, 7) is 4.60. The van der Waals surface area contributed by atoms with Gasteiger partial charge in [0.05, 0.1) is 22.8 Å². The maximum Gasteiger partial charge on any atom is 0.294 e. The van der Waals surface area contributed by atoms with Crippen molar-refractivity contribution in [3.8, 4) is 5.69 Å². The summed E-state index contributed by atoms with van der Waals surface area (Å²) in [5.74, 6) is -0.156. The molecule has 0 saturated heterocycles. The molecule has 0 bridgehead atoms. The van der Waals surface area contributed by atoms with Crippen molar-refractivity contribution in [3.63, 3.8) is 0 Å². The van der Waals surface area contributed by atoms with Crippen molar-refractivity contribution >= 4 is 11.6 Å². The number of ether oxygens (including phenoxy) is 2. The summed E-state index contributed by atoms with van der Waals surface area (Å²) in [5.41, 5.74) is 3.23. The van der Waals surface area contributed by atoms with Gasteiger partial charge in [-0.1, -0.05) is 18.2 Å². The van der Waals surface area contributed by atoms with E-state index < -0.39 is 0 Å². The van der Waals surface area contributed by atoms with Crippen LogP contribution in [0.2, 0.25) is 0 Å². The van der Waals surface area contributed by atoms with Gasteiger partial charge in [-0.2, -0.15) is 5.10 Å². The van der Waals surface area contributed by atoms with Gasteiger partial charge in [0.1, 0.15) is 19.5 Å². The van der Waals surface area contributed by atoms with E-state index in [0.717, 1.165) is 17.1 Å². The minimum absolute atomic E-state index is 0.178. The Balaban J connectivity index is 1.87. The lowest BCUT2D eigenvalue weighted by Gasteiger charge is -2.15. The number of aryl methyl sites for hydroxylation is 1. The number of carbonyl (C=O) groups excluding carboxylic acids is 1. The monoisotopic (exact) mass is 299 g/mol. The molecule has 3 rings (SSSR count). The predicted molar refractivity (Wildman–Crippen MR) is 81.7 cm³/mol. The van der Waals surface area contributed by atoms with E-state index in [4.69, 9.17) is 9.47 Å². The molecular formula is C16H17N3O3. The molecule has 6 nitrogen and oxygen atoms in total.